The van der Waals surface area contributed by atoms with Crippen molar-refractivity contribution < 1.29 is 19.1 Å². The van der Waals surface area contributed by atoms with E-state index in [0.29, 0.717) is 11.3 Å². The van der Waals surface area contributed by atoms with E-state index in [4.69, 9.17) is 5.73 Å². The number of carbonyl (C=O) groups excluding carboxylic acids is 3. The fourth-order valence-electron chi connectivity index (χ4n) is 2.42. The Labute approximate surface area is 157 Å². The molecule has 0 aromatic heterocycles. The van der Waals surface area contributed by atoms with E-state index in [9.17, 15) is 14.4 Å². The molecule has 1 unspecified atom stereocenters. The van der Waals surface area contributed by atoms with Gasteiger partial charge in [0.05, 0.1) is 13.5 Å². The normalized spacial score (nSPS) is 11.3. The molecule has 0 aliphatic carbocycles. The molecule has 0 spiro atoms. The molecule has 1 atom stereocenters. The minimum atomic E-state index is -0.387. The summed E-state index contributed by atoms with van der Waals surface area (Å²) < 4.78 is 4.51. The third-order valence-electron chi connectivity index (χ3n) is 3.91. The molecule has 2 rings (SSSR count). The molecular weight excluding hydrogens is 346 g/mol. The van der Waals surface area contributed by atoms with E-state index in [-0.39, 0.29) is 43.2 Å². The maximum atomic E-state index is 12.1. The number of nitrogens with two attached hydrogens (primary N) is 1. The molecule has 0 saturated carbocycles. The topological polar surface area (TPSA) is 111 Å². The van der Waals surface area contributed by atoms with Crippen LogP contribution in [0.1, 0.15) is 34.8 Å². The SMILES string of the molecule is COC(=O)CCNC(=O)c1ccc(NC(=O)CC(N)c2ccccc2)cc1. The summed E-state index contributed by atoms with van der Waals surface area (Å²) in [7, 11) is 1.30. The van der Waals surface area contributed by atoms with Gasteiger partial charge in [-0.15, -0.1) is 0 Å². The largest absolute Gasteiger partial charge is 0.469 e. The number of benzene rings is 2. The second-order valence-electron chi connectivity index (χ2n) is 5.93. The zero-order chi connectivity index (χ0) is 19.6. The van der Waals surface area contributed by atoms with E-state index in [1.165, 1.54) is 7.11 Å². The van der Waals surface area contributed by atoms with Crippen LogP contribution in [0.4, 0.5) is 5.69 Å². The Morgan fingerprint density at radius 3 is 2.33 bits per heavy atom. The lowest BCUT2D eigenvalue weighted by Crippen LogP contribution is -2.26. The van der Waals surface area contributed by atoms with E-state index in [0.717, 1.165) is 5.56 Å². The Morgan fingerprint density at radius 2 is 1.70 bits per heavy atom. The smallest absolute Gasteiger partial charge is 0.307 e. The van der Waals surface area contributed by atoms with E-state index < -0.39 is 0 Å². The van der Waals surface area contributed by atoms with Gasteiger partial charge in [0.25, 0.3) is 5.91 Å². The van der Waals surface area contributed by atoms with Gasteiger partial charge >= 0.3 is 5.97 Å². The second kappa shape index (κ2) is 10.1. The minimum Gasteiger partial charge on any atom is -0.469 e. The van der Waals surface area contributed by atoms with Crippen molar-refractivity contribution in [2.75, 3.05) is 19.0 Å². The lowest BCUT2D eigenvalue weighted by Gasteiger charge is -2.12. The molecule has 27 heavy (non-hydrogen) atoms. The first kappa shape index (κ1) is 20.1. The molecule has 7 heteroatoms. The Hall–Kier alpha value is -3.19. The van der Waals surface area contributed by atoms with Gasteiger partial charge in [-0.3, -0.25) is 14.4 Å². The number of amides is 2. The number of hydrogen-bond acceptors (Lipinski definition) is 5. The van der Waals surface area contributed by atoms with Gasteiger partial charge in [0.2, 0.25) is 5.91 Å². The van der Waals surface area contributed by atoms with Gasteiger partial charge < -0.3 is 21.1 Å². The Bertz CT molecular complexity index is 776. The minimum absolute atomic E-state index is 0.109. The molecule has 2 amide bonds. The van der Waals surface area contributed by atoms with Gasteiger partial charge in [0, 0.05) is 30.3 Å². The molecule has 0 aliphatic rings. The van der Waals surface area contributed by atoms with Gasteiger partial charge in [-0.25, -0.2) is 0 Å². The number of anilines is 1. The van der Waals surface area contributed by atoms with Crippen LogP contribution in [0, 0.1) is 0 Å². The van der Waals surface area contributed by atoms with Crippen LogP contribution in [0.3, 0.4) is 0 Å². The monoisotopic (exact) mass is 369 g/mol. The zero-order valence-corrected chi connectivity index (χ0v) is 15.1. The summed E-state index contributed by atoms with van der Waals surface area (Å²) in [5, 5.41) is 5.39. The second-order valence-corrected chi connectivity index (χ2v) is 5.93. The predicted octanol–water partition coefficient (Wildman–Crippen LogP) is 2.01. The van der Waals surface area contributed by atoms with Crippen molar-refractivity contribution in [2.24, 2.45) is 5.73 Å². The van der Waals surface area contributed by atoms with Crippen LogP contribution < -0.4 is 16.4 Å². The number of hydrogen-bond donors (Lipinski definition) is 3. The molecule has 0 radical (unpaired) electrons. The first-order valence-electron chi connectivity index (χ1n) is 8.55. The fourth-order valence-corrected chi connectivity index (χ4v) is 2.42. The van der Waals surface area contributed by atoms with Crippen molar-refractivity contribution in [3.63, 3.8) is 0 Å². The van der Waals surface area contributed by atoms with Crippen molar-refractivity contribution in [1.29, 1.82) is 0 Å². The summed E-state index contributed by atoms with van der Waals surface area (Å²) in [6, 6.07) is 15.5. The number of esters is 1. The molecule has 0 heterocycles. The van der Waals surface area contributed by atoms with Gasteiger partial charge in [0.1, 0.15) is 0 Å². The summed E-state index contributed by atoms with van der Waals surface area (Å²) in [6.07, 6.45) is 0.262. The van der Waals surface area contributed by atoms with E-state index >= 15 is 0 Å². The van der Waals surface area contributed by atoms with Gasteiger partial charge in [-0.05, 0) is 29.8 Å². The van der Waals surface area contributed by atoms with E-state index in [1.54, 1.807) is 24.3 Å². The number of carbonyl (C=O) groups is 3. The van der Waals surface area contributed by atoms with Crippen molar-refractivity contribution >= 4 is 23.5 Å². The van der Waals surface area contributed by atoms with E-state index in [2.05, 4.69) is 15.4 Å². The summed E-state index contributed by atoms with van der Waals surface area (Å²) >= 11 is 0. The maximum Gasteiger partial charge on any atom is 0.307 e. The maximum absolute atomic E-state index is 12.1. The molecule has 0 bridgehead atoms. The standard InChI is InChI=1S/C20H23N3O4/c1-27-19(25)11-12-22-20(26)15-7-9-16(10-8-15)23-18(24)13-17(21)14-5-3-2-4-6-14/h2-10,17H,11-13,21H2,1H3,(H,22,26)(H,23,24). The summed E-state index contributed by atoms with van der Waals surface area (Å²) in [4.78, 5) is 35.1. The quantitative estimate of drug-likeness (QED) is 0.617. The van der Waals surface area contributed by atoms with Crippen LogP contribution in [0.25, 0.3) is 0 Å². The first-order valence-corrected chi connectivity index (χ1v) is 8.55. The molecule has 142 valence electrons. The van der Waals surface area contributed by atoms with Crippen LogP contribution in [-0.4, -0.2) is 31.4 Å². The third-order valence-corrected chi connectivity index (χ3v) is 3.91. The zero-order valence-electron chi connectivity index (χ0n) is 15.1. The van der Waals surface area contributed by atoms with Crippen LogP contribution in [0.2, 0.25) is 0 Å². The molecule has 0 aliphatic heterocycles. The van der Waals surface area contributed by atoms with Crippen molar-refractivity contribution in [3.05, 3.63) is 65.7 Å². The molecule has 2 aromatic carbocycles. The number of ether oxygens (including phenoxy) is 1. The van der Waals surface area contributed by atoms with Crippen LogP contribution in [0.15, 0.2) is 54.6 Å². The van der Waals surface area contributed by atoms with Crippen molar-refractivity contribution in [3.8, 4) is 0 Å². The third kappa shape index (κ3) is 6.56. The summed E-state index contributed by atoms with van der Waals surface area (Å²) in [6.45, 7) is 0.196. The Kier molecular flexibility index (Phi) is 7.51. The molecule has 0 saturated heterocycles. The lowest BCUT2D eigenvalue weighted by atomic mass is 10.0. The van der Waals surface area contributed by atoms with Crippen molar-refractivity contribution in [1.82, 2.24) is 5.32 Å². The molecular formula is C20H23N3O4. The average Bonchev–Trinajstić information content (AvgIpc) is 2.68. The predicted molar refractivity (Wildman–Crippen MR) is 102 cm³/mol. The van der Waals surface area contributed by atoms with Crippen LogP contribution in [0.5, 0.6) is 0 Å². The highest BCUT2D eigenvalue weighted by molar-refractivity contribution is 5.96. The van der Waals surface area contributed by atoms with E-state index in [1.807, 2.05) is 30.3 Å². The molecule has 0 fully saturated rings. The van der Waals surface area contributed by atoms with Gasteiger partial charge in [-0.1, -0.05) is 30.3 Å². The van der Waals surface area contributed by atoms with Crippen molar-refractivity contribution in [2.45, 2.75) is 18.9 Å². The molecule has 2 aromatic rings. The molecule has 7 nitrogen and oxygen atoms in total. The average molecular weight is 369 g/mol. The number of nitrogens with one attached hydrogen (secondary N) is 2. The van der Waals surface area contributed by atoms with Crippen LogP contribution in [-0.2, 0) is 14.3 Å². The van der Waals surface area contributed by atoms with Gasteiger partial charge in [0.15, 0.2) is 0 Å². The van der Waals surface area contributed by atoms with Crippen LogP contribution >= 0.6 is 0 Å². The summed E-state index contributed by atoms with van der Waals surface area (Å²) in [5.41, 5.74) is 7.94. The summed E-state index contributed by atoms with van der Waals surface area (Å²) in [5.74, 6) is -0.897. The lowest BCUT2D eigenvalue weighted by molar-refractivity contribution is -0.140. The molecule has 4 N–H and O–H groups in total. The Morgan fingerprint density at radius 1 is 1.04 bits per heavy atom. The number of methoxy groups -OCH3 is 1. The van der Waals surface area contributed by atoms with Gasteiger partial charge in [-0.2, -0.15) is 0 Å². The highest BCUT2D eigenvalue weighted by atomic mass is 16.5. The first-order chi connectivity index (χ1) is 13.0. The Balaban J connectivity index is 1.83. The highest BCUT2D eigenvalue weighted by Crippen LogP contribution is 2.15. The highest BCUT2D eigenvalue weighted by Gasteiger charge is 2.12. The number of rotatable bonds is 8. The fraction of sp³-hybridized carbons (Fsp3) is 0.250.